The van der Waals surface area contributed by atoms with E-state index in [0.717, 1.165) is 6.07 Å². The van der Waals surface area contributed by atoms with Gasteiger partial charge < -0.3 is 4.74 Å². The Hall–Kier alpha value is -3.03. The molecule has 0 fully saturated rings. The van der Waals surface area contributed by atoms with Gasteiger partial charge in [-0.1, -0.05) is 35.3 Å². The van der Waals surface area contributed by atoms with E-state index in [1.807, 2.05) is 0 Å². The molecule has 2 aromatic carbocycles. The van der Waals surface area contributed by atoms with Gasteiger partial charge in [0.25, 0.3) is 5.56 Å². The zero-order chi connectivity index (χ0) is 21.3. The lowest BCUT2D eigenvalue weighted by atomic mass is 10.1. The summed E-state index contributed by atoms with van der Waals surface area (Å²) < 4.78 is 33.7. The van der Waals surface area contributed by atoms with Gasteiger partial charge in [-0.25, -0.2) is 13.3 Å². The van der Waals surface area contributed by atoms with Crippen molar-refractivity contribution in [1.82, 2.24) is 14.6 Å². The Morgan fingerprint density at radius 2 is 1.77 bits per heavy atom. The second kappa shape index (κ2) is 8.38. The maximum Gasteiger partial charge on any atom is 0.281 e. The molecule has 0 bridgehead atoms. The minimum absolute atomic E-state index is 0.123. The number of nitrogens with zero attached hydrogens (tertiary/aromatic N) is 3. The number of hydrogen-bond donors (Lipinski definition) is 0. The summed E-state index contributed by atoms with van der Waals surface area (Å²) in [7, 11) is 0. The van der Waals surface area contributed by atoms with Gasteiger partial charge >= 0.3 is 0 Å². The molecule has 4 aromatic rings. The van der Waals surface area contributed by atoms with E-state index in [-0.39, 0.29) is 24.5 Å². The summed E-state index contributed by atoms with van der Waals surface area (Å²) in [6.45, 7) is 0.123. The molecule has 152 valence electrons. The third-order valence-corrected chi connectivity index (χ3v) is 5.07. The second-order valence-corrected chi connectivity index (χ2v) is 7.17. The van der Waals surface area contributed by atoms with Gasteiger partial charge in [0, 0.05) is 24.1 Å². The third kappa shape index (κ3) is 3.99. The topological polar surface area (TPSA) is 56.5 Å². The summed E-state index contributed by atoms with van der Waals surface area (Å²) in [5, 5.41) is 4.91. The van der Waals surface area contributed by atoms with Crippen LogP contribution in [-0.4, -0.2) is 21.2 Å². The average Bonchev–Trinajstić information content (AvgIpc) is 2.71. The zero-order valence-corrected chi connectivity index (χ0v) is 16.8. The molecule has 0 N–H and O–H groups in total. The normalized spacial score (nSPS) is 11.1. The van der Waals surface area contributed by atoms with E-state index in [1.54, 1.807) is 30.3 Å². The zero-order valence-electron chi connectivity index (χ0n) is 15.3. The SMILES string of the molecule is O=c1ncn2nc(OCCc3ccc(F)cc3F)ccc2c1-c1c(Cl)cccc1Cl. The fourth-order valence-corrected chi connectivity index (χ4v) is 3.61. The summed E-state index contributed by atoms with van der Waals surface area (Å²) in [5.41, 5.74) is 0.881. The van der Waals surface area contributed by atoms with Crippen molar-refractivity contribution in [3.05, 3.63) is 92.5 Å². The Bertz CT molecular complexity index is 1290. The molecule has 0 aliphatic carbocycles. The fraction of sp³-hybridized carbons (Fsp3) is 0.0952. The van der Waals surface area contributed by atoms with Crippen LogP contribution in [0.15, 0.2) is 59.7 Å². The summed E-state index contributed by atoms with van der Waals surface area (Å²) >= 11 is 12.5. The van der Waals surface area contributed by atoms with Crippen LogP contribution in [0.4, 0.5) is 8.78 Å². The van der Waals surface area contributed by atoms with Crippen molar-refractivity contribution in [3.8, 4) is 17.0 Å². The number of benzene rings is 2. The molecule has 0 spiro atoms. The summed E-state index contributed by atoms with van der Waals surface area (Å²) in [4.78, 5) is 16.3. The first-order valence-electron chi connectivity index (χ1n) is 8.84. The van der Waals surface area contributed by atoms with Crippen LogP contribution in [0.5, 0.6) is 5.88 Å². The largest absolute Gasteiger partial charge is 0.476 e. The predicted molar refractivity (Wildman–Crippen MR) is 110 cm³/mol. The second-order valence-electron chi connectivity index (χ2n) is 6.36. The van der Waals surface area contributed by atoms with Crippen molar-refractivity contribution in [3.63, 3.8) is 0 Å². The Labute approximate surface area is 179 Å². The molecule has 2 aromatic heterocycles. The molecule has 30 heavy (non-hydrogen) atoms. The van der Waals surface area contributed by atoms with Gasteiger partial charge in [0.05, 0.1) is 27.7 Å². The van der Waals surface area contributed by atoms with Crippen LogP contribution in [0.25, 0.3) is 16.6 Å². The number of aromatic nitrogens is 3. The molecular formula is C21H13Cl2F2N3O2. The van der Waals surface area contributed by atoms with Gasteiger partial charge in [-0.05, 0) is 29.8 Å². The van der Waals surface area contributed by atoms with Crippen LogP contribution in [0.1, 0.15) is 5.56 Å². The van der Waals surface area contributed by atoms with Crippen LogP contribution in [0.2, 0.25) is 10.0 Å². The lowest BCUT2D eigenvalue weighted by molar-refractivity contribution is 0.302. The Kier molecular flexibility index (Phi) is 5.65. The van der Waals surface area contributed by atoms with Gasteiger partial charge in [0.1, 0.15) is 18.0 Å². The van der Waals surface area contributed by atoms with Gasteiger partial charge in [0.2, 0.25) is 5.88 Å². The lowest BCUT2D eigenvalue weighted by Crippen LogP contribution is -2.14. The molecule has 0 saturated carbocycles. The fourth-order valence-electron chi connectivity index (χ4n) is 3.03. The quantitative estimate of drug-likeness (QED) is 0.433. The number of rotatable bonds is 5. The van der Waals surface area contributed by atoms with Crippen molar-refractivity contribution in [2.24, 2.45) is 0 Å². The van der Waals surface area contributed by atoms with E-state index in [4.69, 9.17) is 27.9 Å². The van der Waals surface area contributed by atoms with E-state index < -0.39 is 17.2 Å². The molecule has 2 heterocycles. The molecule has 9 heteroatoms. The number of hydrogen-bond acceptors (Lipinski definition) is 4. The summed E-state index contributed by atoms with van der Waals surface area (Å²) in [6.07, 6.45) is 1.49. The van der Waals surface area contributed by atoms with Crippen LogP contribution in [-0.2, 0) is 6.42 Å². The van der Waals surface area contributed by atoms with Crippen LogP contribution < -0.4 is 10.3 Å². The molecule has 0 unspecified atom stereocenters. The molecule has 0 aliphatic rings. The van der Waals surface area contributed by atoms with Gasteiger partial charge in [-0.3, -0.25) is 4.79 Å². The highest BCUT2D eigenvalue weighted by Crippen LogP contribution is 2.34. The molecule has 0 atom stereocenters. The molecule has 0 saturated heterocycles. The highest BCUT2D eigenvalue weighted by atomic mass is 35.5. The van der Waals surface area contributed by atoms with E-state index in [9.17, 15) is 13.6 Å². The monoisotopic (exact) mass is 447 g/mol. The molecule has 0 amide bonds. The molecular weight excluding hydrogens is 435 g/mol. The van der Waals surface area contributed by atoms with E-state index in [2.05, 4.69) is 10.1 Å². The first kappa shape index (κ1) is 20.3. The number of ether oxygens (including phenoxy) is 1. The minimum atomic E-state index is -0.635. The summed E-state index contributed by atoms with van der Waals surface area (Å²) in [6, 6.07) is 11.5. The van der Waals surface area contributed by atoms with Crippen LogP contribution in [0.3, 0.4) is 0 Å². The van der Waals surface area contributed by atoms with Gasteiger partial charge in [-0.2, -0.15) is 4.98 Å². The maximum atomic E-state index is 13.7. The molecule has 5 nitrogen and oxygen atoms in total. The highest BCUT2D eigenvalue weighted by molar-refractivity contribution is 6.39. The smallest absolute Gasteiger partial charge is 0.281 e. The van der Waals surface area contributed by atoms with E-state index in [1.165, 1.54) is 23.0 Å². The molecule has 0 aliphatic heterocycles. The maximum absolute atomic E-state index is 13.7. The Balaban J connectivity index is 1.62. The van der Waals surface area contributed by atoms with Crippen LogP contribution >= 0.6 is 23.2 Å². The van der Waals surface area contributed by atoms with E-state index in [0.29, 0.717) is 26.7 Å². The minimum Gasteiger partial charge on any atom is -0.476 e. The van der Waals surface area contributed by atoms with Gasteiger partial charge in [0.15, 0.2) is 0 Å². The van der Waals surface area contributed by atoms with Crippen molar-refractivity contribution >= 4 is 28.7 Å². The average molecular weight is 448 g/mol. The number of fused-ring (bicyclic) bond motifs is 1. The first-order chi connectivity index (χ1) is 14.4. The van der Waals surface area contributed by atoms with Crippen molar-refractivity contribution in [2.45, 2.75) is 6.42 Å². The van der Waals surface area contributed by atoms with Gasteiger partial charge in [-0.15, -0.1) is 5.10 Å². The van der Waals surface area contributed by atoms with E-state index >= 15 is 0 Å². The number of halogens is 4. The van der Waals surface area contributed by atoms with Crippen molar-refractivity contribution in [1.29, 1.82) is 0 Å². The third-order valence-electron chi connectivity index (χ3n) is 4.44. The van der Waals surface area contributed by atoms with Crippen molar-refractivity contribution < 1.29 is 13.5 Å². The summed E-state index contributed by atoms with van der Waals surface area (Å²) in [5.74, 6) is -1.02. The molecule has 4 rings (SSSR count). The standard InChI is InChI=1S/C21H13Cl2F2N3O2/c22-14-2-1-3-15(23)19(14)20-17-6-7-18(27-28(17)11-26-21(20)29)30-9-8-12-4-5-13(24)10-16(12)25/h1-7,10-11H,8-9H2. The Morgan fingerprint density at radius 1 is 1.00 bits per heavy atom. The predicted octanol–water partition coefficient (Wildman–Crippen LogP) is 4.96. The lowest BCUT2D eigenvalue weighted by Gasteiger charge is -2.11. The Morgan fingerprint density at radius 3 is 2.50 bits per heavy atom. The molecule has 0 radical (unpaired) electrons. The van der Waals surface area contributed by atoms with Crippen molar-refractivity contribution in [2.75, 3.05) is 6.61 Å². The highest BCUT2D eigenvalue weighted by Gasteiger charge is 2.17. The van der Waals surface area contributed by atoms with Crippen LogP contribution in [0, 0.1) is 11.6 Å². The first-order valence-corrected chi connectivity index (χ1v) is 9.59.